The molecule has 0 radical (unpaired) electrons. The van der Waals surface area contributed by atoms with E-state index in [-0.39, 0.29) is 5.91 Å². The van der Waals surface area contributed by atoms with Crippen LogP contribution in [-0.2, 0) is 6.54 Å². The highest BCUT2D eigenvalue weighted by Gasteiger charge is 2.11. The van der Waals surface area contributed by atoms with E-state index in [1.165, 1.54) is 0 Å². The van der Waals surface area contributed by atoms with Crippen LogP contribution in [0.4, 0.5) is 11.4 Å². The Kier molecular flexibility index (Phi) is 5.04. The largest absolute Gasteiger partial charge is 0.381 e. The first-order chi connectivity index (χ1) is 12.1. The van der Waals surface area contributed by atoms with E-state index in [1.807, 2.05) is 50.2 Å². The van der Waals surface area contributed by atoms with Gasteiger partial charge in [0, 0.05) is 36.5 Å². The number of nitrogens with zero attached hydrogens (tertiary/aromatic N) is 2. The van der Waals surface area contributed by atoms with Gasteiger partial charge in [-0.2, -0.15) is 0 Å². The number of aromatic nitrogens is 2. The Morgan fingerprint density at radius 1 is 1.00 bits per heavy atom. The van der Waals surface area contributed by atoms with E-state index in [2.05, 4.69) is 20.6 Å². The highest BCUT2D eigenvalue weighted by molar-refractivity contribution is 6.04. The summed E-state index contributed by atoms with van der Waals surface area (Å²) in [4.78, 5) is 20.7. The lowest BCUT2D eigenvalue weighted by molar-refractivity contribution is 0.102. The number of anilines is 2. The number of amides is 1. The number of carbonyl (C=O) groups is 1. The first-order valence-electron chi connectivity index (χ1n) is 8.10. The van der Waals surface area contributed by atoms with Crippen molar-refractivity contribution < 1.29 is 4.79 Å². The zero-order chi connectivity index (χ0) is 17.6. The Morgan fingerprint density at radius 2 is 1.72 bits per heavy atom. The monoisotopic (exact) mass is 332 g/mol. The zero-order valence-electron chi connectivity index (χ0n) is 14.3. The molecule has 3 aromatic rings. The van der Waals surface area contributed by atoms with E-state index < -0.39 is 0 Å². The van der Waals surface area contributed by atoms with Gasteiger partial charge in [-0.25, -0.2) is 0 Å². The Morgan fingerprint density at radius 3 is 2.44 bits per heavy atom. The summed E-state index contributed by atoms with van der Waals surface area (Å²) in [6.07, 6.45) is 5.15. The third-order valence-electron chi connectivity index (χ3n) is 3.96. The van der Waals surface area contributed by atoms with Crippen molar-refractivity contribution in [3.63, 3.8) is 0 Å². The third kappa shape index (κ3) is 4.20. The van der Waals surface area contributed by atoms with Gasteiger partial charge >= 0.3 is 0 Å². The van der Waals surface area contributed by atoms with E-state index in [0.29, 0.717) is 12.2 Å². The molecule has 1 aromatic carbocycles. The molecule has 126 valence electrons. The van der Waals surface area contributed by atoms with Crippen molar-refractivity contribution in [1.29, 1.82) is 0 Å². The number of carbonyl (C=O) groups excluding carboxylic acids is 1. The second-order valence-corrected chi connectivity index (χ2v) is 5.86. The molecule has 0 aliphatic heterocycles. The molecule has 0 saturated carbocycles. The van der Waals surface area contributed by atoms with Crippen molar-refractivity contribution >= 4 is 17.3 Å². The zero-order valence-corrected chi connectivity index (χ0v) is 14.3. The van der Waals surface area contributed by atoms with Crippen molar-refractivity contribution in [2.24, 2.45) is 0 Å². The van der Waals surface area contributed by atoms with Crippen LogP contribution in [0, 0.1) is 13.8 Å². The van der Waals surface area contributed by atoms with Crippen LogP contribution in [0.5, 0.6) is 0 Å². The molecule has 0 bridgehead atoms. The molecule has 1 amide bonds. The summed E-state index contributed by atoms with van der Waals surface area (Å²) >= 11 is 0. The van der Waals surface area contributed by atoms with Crippen molar-refractivity contribution in [2.45, 2.75) is 20.4 Å². The molecule has 0 aliphatic carbocycles. The number of nitrogens with one attached hydrogen (secondary N) is 2. The molecule has 0 saturated heterocycles. The highest BCUT2D eigenvalue weighted by Crippen LogP contribution is 2.20. The van der Waals surface area contributed by atoms with Crippen LogP contribution >= 0.6 is 0 Å². The van der Waals surface area contributed by atoms with Crippen LogP contribution < -0.4 is 10.6 Å². The quantitative estimate of drug-likeness (QED) is 0.742. The summed E-state index contributed by atoms with van der Waals surface area (Å²) in [5, 5.41) is 6.25. The van der Waals surface area contributed by atoms with E-state index in [9.17, 15) is 4.79 Å². The molecule has 5 heteroatoms. The van der Waals surface area contributed by atoms with Gasteiger partial charge in [0.2, 0.25) is 0 Å². The fourth-order valence-electron chi connectivity index (χ4n) is 2.56. The fourth-order valence-corrected chi connectivity index (χ4v) is 2.56. The number of pyridine rings is 2. The predicted octanol–water partition coefficient (Wildman–Crippen LogP) is 3.96. The normalized spacial score (nSPS) is 10.3. The maximum absolute atomic E-state index is 12.5. The molecule has 0 atom stereocenters. The number of aryl methyl sites for hydroxylation is 2. The lowest BCUT2D eigenvalue weighted by Crippen LogP contribution is -2.15. The molecule has 3 rings (SSSR count). The van der Waals surface area contributed by atoms with Crippen LogP contribution in [-0.4, -0.2) is 15.9 Å². The number of rotatable bonds is 5. The lowest BCUT2D eigenvalue weighted by atomic mass is 10.1. The van der Waals surface area contributed by atoms with Gasteiger partial charge in [0.15, 0.2) is 0 Å². The summed E-state index contributed by atoms with van der Waals surface area (Å²) in [6, 6.07) is 13.4. The minimum Gasteiger partial charge on any atom is -0.381 e. The topological polar surface area (TPSA) is 66.9 Å². The Bertz CT molecular complexity index is 858. The number of hydrogen-bond donors (Lipinski definition) is 2. The van der Waals surface area contributed by atoms with Gasteiger partial charge in [-0.05, 0) is 54.8 Å². The van der Waals surface area contributed by atoms with Gasteiger partial charge in [-0.1, -0.05) is 18.2 Å². The van der Waals surface area contributed by atoms with Crippen molar-refractivity contribution in [2.75, 3.05) is 10.6 Å². The molecule has 0 spiro atoms. The average molecular weight is 332 g/mol. The minimum atomic E-state index is -0.218. The molecule has 0 fully saturated rings. The molecule has 0 aliphatic rings. The first kappa shape index (κ1) is 16.6. The van der Waals surface area contributed by atoms with Gasteiger partial charge in [-0.15, -0.1) is 0 Å². The van der Waals surface area contributed by atoms with Crippen molar-refractivity contribution in [3.05, 3.63) is 83.4 Å². The second kappa shape index (κ2) is 7.57. The van der Waals surface area contributed by atoms with Crippen LogP contribution in [0.15, 0.2) is 61.1 Å². The Balaban J connectivity index is 1.71. The summed E-state index contributed by atoms with van der Waals surface area (Å²) in [5.41, 5.74) is 5.24. The van der Waals surface area contributed by atoms with Crippen molar-refractivity contribution in [3.8, 4) is 0 Å². The molecule has 5 nitrogen and oxygen atoms in total. The summed E-state index contributed by atoms with van der Waals surface area (Å²) in [7, 11) is 0. The SMILES string of the molecule is Cc1cccc(C)c1NC(=O)c1cc(NCc2ccncc2)ccn1. The van der Waals surface area contributed by atoms with E-state index in [4.69, 9.17) is 0 Å². The molecule has 0 unspecified atom stereocenters. The predicted molar refractivity (Wildman–Crippen MR) is 99.7 cm³/mol. The Hall–Kier alpha value is -3.21. The maximum atomic E-state index is 12.5. The van der Waals surface area contributed by atoms with E-state index in [1.54, 1.807) is 24.7 Å². The standard InChI is InChI=1S/C20H20N4O/c1-14-4-3-5-15(2)19(14)24-20(25)18-12-17(8-11-22-18)23-13-16-6-9-21-10-7-16/h3-12H,13H2,1-2H3,(H,22,23)(H,24,25). The fraction of sp³-hybridized carbons (Fsp3) is 0.150. The van der Waals surface area contributed by atoms with Crippen LogP contribution in [0.3, 0.4) is 0 Å². The summed E-state index contributed by atoms with van der Waals surface area (Å²) < 4.78 is 0. The second-order valence-electron chi connectivity index (χ2n) is 5.86. The molecule has 2 aromatic heterocycles. The van der Waals surface area contributed by atoms with Gasteiger partial charge in [0.1, 0.15) is 5.69 Å². The van der Waals surface area contributed by atoms with E-state index >= 15 is 0 Å². The number of hydrogen-bond acceptors (Lipinski definition) is 4. The number of para-hydroxylation sites is 1. The van der Waals surface area contributed by atoms with E-state index in [0.717, 1.165) is 28.1 Å². The molecule has 25 heavy (non-hydrogen) atoms. The van der Waals surface area contributed by atoms with Gasteiger partial charge in [0.05, 0.1) is 0 Å². The smallest absolute Gasteiger partial charge is 0.274 e. The molecular formula is C20H20N4O. The van der Waals surface area contributed by atoms with Crippen molar-refractivity contribution in [1.82, 2.24) is 9.97 Å². The summed E-state index contributed by atoms with van der Waals surface area (Å²) in [5.74, 6) is -0.218. The molecule has 2 heterocycles. The summed E-state index contributed by atoms with van der Waals surface area (Å²) in [6.45, 7) is 4.61. The van der Waals surface area contributed by atoms with Gasteiger partial charge in [0.25, 0.3) is 5.91 Å². The lowest BCUT2D eigenvalue weighted by Gasteiger charge is -2.12. The van der Waals surface area contributed by atoms with Gasteiger partial charge < -0.3 is 10.6 Å². The first-order valence-corrected chi connectivity index (χ1v) is 8.10. The Labute approximate surface area is 147 Å². The third-order valence-corrected chi connectivity index (χ3v) is 3.96. The maximum Gasteiger partial charge on any atom is 0.274 e. The minimum absolute atomic E-state index is 0.218. The van der Waals surface area contributed by atoms with Crippen LogP contribution in [0.25, 0.3) is 0 Å². The van der Waals surface area contributed by atoms with Gasteiger partial charge in [-0.3, -0.25) is 14.8 Å². The van der Waals surface area contributed by atoms with Crippen LogP contribution in [0.1, 0.15) is 27.2 Å². The van der Waals surface area contributed by atoms with Crippen LogP contribution in [0.2, 0.25) is 0 Å². The average Bonchev–Trinajstić information content (AvgIpc) is 2.64. The number of benzene rings is 1. The molecule has 2 N–H and O–H groups in total. The molecular weight excluding hydrogens is 312 g/mol. The highest BCUT2D eigenvalue weighted by atomic mass is 16.1.